The van der Waals surface area contributed by atoms with Crippen molar-refractivity contribution in [3.63, 3.8) is 0 Å². The van der Waals surface area contributed by atoms with Crippen LogP contribution < -0.4 is 5.32 Å². The number of hydrogen-bond acceptors (Lipinski definition) is 1. The molecule has 4 atom stereocenters. The molecule has 2 heteroatoms. The molecule has 0 radical (unpaired) electrons. The summed E-state index contributed by atoms with van der Waals surface area (Å²) in [6.07, 6.45) is 6.80. The molecular weight excluding hydrogens is 174 g/mol. The Morgan fingerprint density at radius 3 is 2.79 bits per heavy atom. The summed E-state index contributed by atoms with van der Waals surface area (Å²) in [7, 11) is 0. The van der Waals surface area contributed by atoms with E-state index in [4.69, 9.17) is 0 Å². The van der Waals surface area contributed by atoms with Gasteiger partial charge in [0.15, 0.2) is 0 Å². The molecule has 14 heavy (non-hydrogen) atoms. The first-order valence-electron chi connectivity index (χ1n) is 5.94. The van der Waals surface area contributed by atoms with E-state index >= 15 is 0 Å². The lowest BCUT2D eigenvalue weighted by Gasteiger charge is -2.44. The van der Waals surface area contributed by atoms with Crippen molar-refractivity contribution in [2.24, 2.45) is 17.8 Å². The summed E-state index contributed by atoms with van der Waals surface area (Å²) in [4.78, 5) is 11.1. The number of nitrogens with one attached hydrogen (secondary N) is 1. The van der Waals surface area contributed by atoms with E-state index in [1.807, 2.05) is 0 Å². The van der Waals surface area contributed by atoms with Crippen LogP contribution in [0.4, 0.5) is 0 Å². The molecular formula is C12H21NO. The molecule has 0 saturated heterocycles. The average molecular weight is 195 g/mol. The third kappa shape index (κ3) is 1.94. The summed E-state index contributed by atoms with van der Waals surface area (Å²) in [5, 5.41) is 3.15. The van der Waals surface area contributed by atoms with Gasteiger partial charge in [-0.2, -0.15) is 0 Å². The van der Waals surface area contributed by atoms with Gasteiger partial charge in [0.05, 0.1) is 0 Å². The van der Waals surface area contributed by atoms with Crippen LogP contribution in [0, 0.1) is 17.8 Å². The van der Waals surface area contributed by atoms with Gasteiger partial charge in [-0.05, 0) is 37.0 Å². The Morgan fingerprint density at radius 1 is 1.29 bits per heavy atom. The Hall–Kier alpha value is -0.530. The molecule has 2 aliphatic carbocycles. The highest BCUT2D eigenvalue weighted by molar-refractivity contribution is 5.73. The van der Waals surface area contributed by atoms with E-state index in [1.165, 1.54) is 32.1 Å². The number of hydrogen-bond donors (Lipinski definition) is 1. The fraction of sp³-hybridized carbons (Fsp3) is 0.917. The van der Waals surface area contributed by atoms with Crippen molar-refractivity contribution in [1.82, 2.24) is 5.32 Å². The molecule has 2 saturated carbocycles. The molecule has 0 spiro atoms. The molecule has 2 bridgehead atoms. The Morgan fingerprint density at radius 2 is 2.07 bits per heavy atom. The largest absolute Gasteiger partial charge is 0.353 e. The summed E-state index contributed by atoms with van der Waals surface area (Å²) < 4.78 is 0. The van der Waals surface area contributed by atoms with Gasteiger partial charge in [0.2, 0.25) is 5.91 Å². The van der Waals surface area contributed by atoms with Crippen molar-refractivity contribution in [1.29, 1.82) is 0 Å². The zero-order valence-corrected chi connectivity index (χ0v) is 9.25. The van der Waals surface area contributed by atoms with E-state index in [2.05, 4.69) is 12.2 Å². The molecule has 80 valence electrons. The Kier molecular flexibility index (Phi) is 2.80. The van der Waals surface area contributed by atoms with Gasteiger partial charge >= 0.3 is 0 Å². The third-order valence-corrected chi connectivity index (χ3v) is 4.02. The maximum atomic E-state index is 11.1. The number of carbonyl (C=O) groups is 1. The lowest BCUT2D eigenvalue weighted by Crippen LogP contribution is -2.49. The highest BCUT2D eigenvalue weighted by Gasteiger charge is 2.37. The monoisotopic (exact) mass is 195 g/mol. The van der Waals surface area contributed by atoms with E-state index in [0.29, 0.717) is 12.0 Å². The van der Waals surface area contributed by atoms with E-state index in [9.17, 15) is 4.79 Å². The Bertz CT molecular complexity index is 224. The van der Waals surface area contributed by atoms with Gasteiger partial charge < -0.3 is 5.32 Å². The van der Waals surface area contributed by atoms with Crippen LogP contribution in [-0.2, 0) is 4.79 Å². The number of fused-ring (bicyclic) bond motifs is 2. The first-order chi connectivity index (χ1) is 6.66. The highest BCUT2D eigenvalue weighted by atomic mass is 16.1. The summed E-state index contributed by atoms with van der Waals surface area (Å²) >= 11 is 0. The number of amides is 1. The molecule has 4 unspecified atom stereocenters. The smallest absolute Gasteiger partial charge is 0.217 e. The second-order valence-corrected chi connectivity index (χ2v) is 5.23. The molecule has 0 aromatic heterocycles. The normalized spacial score (nSPS) is 41.9. The van der Waals surface area contributed by atoms with Gasteiger partial charge in [-0.1, -0.05) is 19.8 Å². The van der Waals surface area contributed by atoms with E-state index in [-0.39, 0.29) is 5.91 Å². The van der Waals surface area contributed by atoms with Crippen molar-refractivity contribution in [3.05, 3.63) is 0 Å². The van der Waals surface area contributed by atoms with Crippen LogP contribution in [0.2, 0.25) is 0 Å². The molecule has 0 heterocycles. The van der Waals surface area contributed by atoms with Crippen LogP contribution in [0.1, 0.15) is 46.0 Å². The maximum Gasteiger partial charge on any atom is 0.217 e. The minimum Gasteiger partial charge on any atom is -0.353 e. The summed E-state index contributed by atoms with van der Waals surface area (Å²) in [6.45, 7) is 3.94. The lowest BCUT2D eigenvalue weighted by molar-refractivity contribution is -0.121. The predicted octanol–water partition coefficient (Wildman–Crippen LogP) is 2.34. The SMILES string of the molecule is CC(=O)NC1C(C)CC2CCCC1C2. The topological polar surface area (TPSA) is 29.1 Å². The third-order valence-electron chi connectivity index (χ3n) is 4.02. The molecule has 0 aromatic carbocycles. The van der Waals surface area contributed by atoms with E-state index in [1.54, 1.807) is 6.92 Å². The van der Waals surface area contributed by atoms with Gasteiger partial charge in [-0.15, -0.1) is 0 Å². The van der Waals surface area contributed by atoms with Crippen molar-refractivity contribution in [2.45, 2.75) is 52.0 Å². The average Bonchev–Trinajstić information content (AvgIpc) is 2.12. The van der Waals surface area contributed by atoms with Crippen LogP contribution >= 0.6 is 0 Å². The zero-order valence-electron chi connectivity index (χ0n) is 9.25. The van der Waals surface area contributed by atoms with Crippen molar-refractivity contribution in [3.8, 4) is 0 Å². The Labute approximate surface area is 86.5 Å². The van der Waals surface area contributed by atoms with Gasteiger partial charge in [0.1, 0.15) is 0 Å². The molecule has 0 aromatic rings. The number of rotatable bonds is 1. The molecule has 2 aliphatic rings. The van der Waals surface area contributed by atoms with Gasteiger partial charge in [0.25, 0.3) is 0 Å². The summed E-state index contributed by atoms with van der Waals surface area (Å²) in [5.41, 5.74) is 0. The standard InChI is InChI=1S/C12H21NO/c1-8-6-10-4-3-5-11(7-10)12(8)13-9(2)14/h8,10-12H,3-7H2,1-2H3,(H,13,14). The minimum atomic E-state index is 0.144. The van der Waals surface area contributed by atoms with Gasteiger partial charge in [0, 0.05) is 13.0 Å². The highest BCUT2D eigenvalue weighted by Crippen LogP contribution is 2.42. The minimum absolute atomic E-state index is 0.144. The van der Waals surface area contributed by atoms with Crippen molar-refractivity contribution < 1.29 is 4.79 Å². The van der Waals surface area contributed by atoms with Crippen LogP contribution in [0.5, 0.6) is 0 Å². The second-order valence-electron chi connectivity index (χ2n) is 5.23. The van der Waals surface area contributed by atoms with Crippen LogP contribution in [0.25, 0.3) is 0 Å². The van der Waals surface area contributed by atoms with Crippen molar-refractivity contribution >= 4 is 5.91 Å². The second kappa shape index (κ2) is 3.92. The first-order valence-corrected chi connectivity index (χ1v) is 5.94. The molecule has 0 aliphatic heterocycles. The van der Waals surface area contributed by atoms with Crippen LogP contribution in [0.3, 0.4) is 0 Å². The molecule has 2 fully saturated rings. The molecule has 2 rings (SSSR count). The first kappa shape index (κ1) is 10.0. The van der Waals surface area contributed by atoms with Gasteiger partial charge in [-0.25, -0.2) is 0 Å². The summed E-state index contributed by atoms with van der Waals surface area (Å²) in [6, 6.07) is 0.462. The predicted molar refractivity (Wildman–Crippen MR) is 56.8 cm³/mol. The van der Waals surface area contributed by atoms with Gasteiger partial charge in [-0.3, -0.25) is 4.79 Å². The van der Waals surface area contributed by atoms with E-state index < -0.39 is 0 Å². The lowest BCUT2D eigenvalue weighted by atomic mass is 9.66. The van der Waals surface area contributed by atoms with Crippen LogP contribution in [0.15, 0.2) is 0 Å². The fourth-order valence-corrected chi connectivity index (χ4v) is 3.50. The molecule has 2 nitrogen and oxygen atoms in total. The number of carbonyl (C=O) groups excluding carboxylic acids is 1. The maximum absolute atomic E-state index is 11.1. The van der Waals surface area contributed by atoms with E-state index in [0.717, 1.165) is 11.8 Å². The Balaban J connectivity index is 2.03. The molecule has 1 amide bonds. The van der Waals surface area contributed by atoms with Crippen LogP contribution in [-0.4, -0.2) is 11.9 Å². The van der Waals surface area contributed by atoms with Crippen molar-refractivity contribution in [2.75, 3.05) is 0 Å². The zero-order chi connectivity index (χ0) is 10.1. The fourth-order valence-electron chi connectivity index (χ4n) is 3.50. The quantitative estimate of drug-likeness (QED) is 0.683. The summed E-state index contributed by atoms with van der Waals surface area (Å²) in [5.74, 6) is 2.55. The molecule has 1 N–H and O–H groups in total.